The van der Waals surface area contributed by atoms with Gasteiger partial charge in [0.25, 0.3) is 0 Å². The van der Waals surface area contributed by atoms with E-state index in [4.69, 9.17) is 5.73 Å². The van der Waals surface area contributed by atoms with Crippen LogP contribution in [-0.2, 0) is 6.54 Å². The molecular weight excluding hydrogens is 246 g/mol. The highest BCUT2D eigenvalue weighted by Gasteiger charge is 2.29. The lowest BCUT2D eigenvalue weighted by Crippen LogP contribution is -2.34. The zero-order valence-electron chi connectivity index (χ0n) is 12.3. The van der Waals surface area contributed by atoms with E-state index in [-0.39, 0.29) is 0 Å². The van der Waals surface area contributed by atoms with Gasteiger partial charge in [-0.05, 0) is 24.8 Å². The van der Waals surface area contributed by atoms with Gasteiger partial charge in [0.1, 0.15) is 0 Å². The van der Waals surface area contributed by atoms with Crippen LogP contribution in [0.4, 0.5) is 5.69 Å². The lowest BCUT2D eigenvalue weighted by molar-refractivity contribution is 0.492. The number of hydrogen-bond donors (Lipinski definition) is 1. The molecule has 1 saturated heterocycles. The minimum Gasteiger partial charge on any atom is -0.367 e. The minimum atomic E-state index is 0.550. The van der Waals surface area contributed by atoms with Gasteiger partial charge in [0.15, 0.2) is 0 Å². The van der Waals surface area contributed by atoms with Crippen LogP contribution in [-0.4, -0.2) is 17.6 Å². The molecule has 2 heterocycles. The second-order valence-corrected chi connectivity index (χ2v) is 6.00. The second-order valence-electron chi connectivity index (χ2n) is 6.00. The molecule has 1 aliphatic rings. The molecule has 0 bridgehead atoms. The fourth-order valence-electron chi connectivity index (χ4n) is 3.42. The normalized spacial score (nSPS) is 19.2. The molecule has 2 N–H and O–H groups in total. The average Bonchev–Trinajstić information content (AvgIpc) is 2.95. The molecule has 0 aliphatic carbocycles. The largest absolute Gasteiger partial charge is 0.367 e. The van der Waals surface area contributed by atoms with Crippen LogP contribution in [0.1, 0.15) is 32.3 Å². The first-order valence-corrected chi connectivity index (χ1v) is 7.55. The van der Waals surface area contributed by atoms with Gasteiger partial charge in [0, 0.05) is 36.3 Å². The topological polar surface area (TPSA) is 42.1 Å². The maximum Gasteiger partial charge on any atom is 0.0723 e. The second kappa shape index (κ2) is 5.41. The van der Waals surface area contributed by atoms with E-state index < -0.39 is 0 Å². The van der Waals surface area contributed by atoms with Crippen molar-refractivity contribution >= 4 is 16.6 Å². The van der Waals surface area contributed by atoms with Crippen LogP contribution in [0.3, 0.4) is 0 Å². The number of nitrogens with two attached hydrogens (primary N) is 1. The summed E-state index contributed by atoms with van der Waals surface area (Å²) in [4.78, 5) is 7.11. The van der Waals surface area contributed by atoms with E-state index in [0.29, 0.717) is 18.5 Å². The third kappa shape index (κ3) is 2.16. The number of pyridine rings is 1. The summed E-state index contributed by atoms with van der Waals surface area (Å²) in [6, 6.07) is 9.01. The Labute approximate surface area is 120 Å². The van der Waals surface area contributed by atoms with Gasteiger partial charge < -0.3 is 10.6 Å². The van der Waals surface area contributed by atoms with Gasteiger partial charge in [-0.15, -0.1) is 0 Å². The van der Waals surface area contributed by atoms with Gasteiger partial charge in [-0.3, -0.25) is 4.98 Å². The molecule has 1 aromatic heterocycles. The highest BCUT2D eigenvalue weighted by atomic mass is 15.2. The molecule has 3 nitrogen and oxygen atoms in total. The summed E-state index contributed by atoms with van der Waals surface area (Å²) in [7, 11) is 0. The summed E-state index contributed by atoms with van der Waals surface area (Å²) < 4.78 is 0. The van der Waals surface area contributed by atoms with Crippen molar-refractivity contribution in [3.05, 3.63) is 36.0 Å². The van der Waals surface area contributed by atoms with Gasteiger partial charge in [0.05, 0.1) is 11.2 Å². The standard InChI is InChI=1S/C17H23N3/c1-12(2)16-8-5-9-20(16)17-13(10-18)11-19-15-7-4-3-6-14(15)17/h3-4,6-7,11-12,16H,5,8-10,18H2,1-2H3. The van der Waals surface area contributed by atoms with Crippen molar-refractivity contribution in [1.29, 1.82) is 0 Å². The lowest BCUT2D eigenvalue weighted by Gasteiger charge is -2.32. The number of anilines is 1. The molecule has 0 saturated carbocycles. The van der Waals surface area contributed by atoms with E-state index >= 15 is 0 Å². The van der Waals surface area contributed by atoms with Gasteiger partial charge in [0.2, 0.25) is 0 Å². The molecule has 1 fully saturated rings. The van der Waals surface area contributed by atoms with Gasteiger partial charge in [-0.1, -0.05) is 32.0 Å². The maximum absolute atomic E-state index is 5.96. The summed E-state index contributed by atoms with van der Waals surface area (Å²) in [5, 5.41) is 1.24. The van der Waals surface area contributed by atoms with E-state index in [1.165, 1.54) is 23.9 Å². The van der Waals surface area contributed by atoms with E-state index in [1.807, 2.05) is 12.3 Å². The Morgan fingerprint density at radius 2 is 2.15 bits per heavy atom. The Kier molecular flexibility index (Phi) is 3.62. The first-order chi connectivity index (χ1) is 9.72. The zero-order chi connectivity index (χ0) is 14.1. The molecule has 0 amide bonds. The predicted octanol–water partition coefficient (Wildman–Crippen LogP) is 3.32. The number of aromatic nitrogens is 1. The Hall–Kier alpha value is -1.61. The molecule has 1 unspecified atom stereocenters. The molecule has 20 heavy (non-hydrogen) atoms. The number of para-hydroxylation sites is 1. The summed E-state index contributed by atoms with van der Waals surface area (Å²) >= 11 is 0. The molecule has 1 aromatic carbocycles. The van der Waals surface area contributed by atoms with Crippen molar-refractivity contribution in [1.82, 2.24) is 4.98 Å². The smallest absolute Gasteiger partial charge is 0.0723 e. The fraction of sp³-hybridized carbons (Fsp3) is 0.471. The minimum absolute atomic E-state index is 0.550. The van der Waals surface area contributed by atoms with E-state index in [2.05, 4.69) is 41.9 Å². The molecular formula is C17H23N3. The molecule has 3 rings (SSSR count). The lowest BCUT2D eigenvalue weighted by atomic mass is 10.00. The van der Waals surface area contributed by atoms with Crippen molar-refractivity contribution in [2.45, 2.75) is 39.3 Å². The first-order valence-electron chi connectivity index (χ1n) is 7.55. The van der Waals surface area contributed by atoms with Crippen LogP contribution in [0.5, 0.6) is 0 Å². The molecule has 2 aromatic rings. The molecule has 3 heteroatoms. The van der Waals surface area contributed by atoms with Gasteiger partial charge >= 0.3 is 0 Å². The Balaban J connectivity index is 2.18. The van der Waals surface area contributed by atoms with Crippen molar-refractivity contribution in [3.8, 4) is 0 Å². The van der Waals surface area contributed by atoms with Crippen molar-refractivity contribution < 1.29 is 0 Å². The molecule has 106 valence electrons. The summed E-state index contributed by atoms with van der Waals surface area (Å²) in [6.45, 7) is 6.31. The average molecular weight is 269 g/mol. The highest BCUT2D eigenvalue weighted by molar-refractivity contribution is 5.93. The van der Waals surface area contributed by atoms with Crippen LogP contribution < -0.4 is 10.6 Å². The predicted molar refractivity (Wildman–Crippen MR) is 84.8 cm³/mol. The highest BCUT2D eigenvalue weighted by Crippen LogP contribution is 2.36. The third-order valence-electron chi connectivity index (χ3n) is 4.40. The van der Waals surface area contributed by atoms with E-state index in [1.54, 1.807) is 0 Å². The third-order valence-corrected chi connectivity index (χ3v) is 4.40. The van der Waals surface area contributed by atoms with E-state index in [0.717, 1.165) is 17.6 Å². The summed E-state index contributed by atoms with van der Waals surface area (Å²) in [5.41, 5.74) is 9.51. The molecule has 1 atom stereocenters. The van der Waals surface area contributed by atoms with Crippen LogP contribution >= 0.6 is 0 Å². The quantitative estimate of drug-likeness (QED) is 0.929. The first kappa shape index (κ1) is 13.4. The van der Waals surface area contributed by atoms with Crippen molar-refractivity contribution in [2.24, 2.45) is 11.7 Å². The molecule has 0 spiro atoms. The number of hydrogen-bond acceptors (Lipinski definition) is 3. The van der Waals surface area contributed by atoms with Gasteiger partial charge in [-0.25, -0.2) is 0 Å². The molecule has 1 aliphatic heterocycles. The van der Waals surface area contributed by atoms with Crippen molar-refractivity contribution in [3.63, 3.8) is 0 Å². The number of benzene rings is 1. The SMILES string of the molecule is CC(C)C1CCCN1c1c(CN)cnc2ccccc12. The number of rotatable bonds is 3. The Morgan fingerprint density at radius 1 is 1.35 bits per heavy atom. The monoisotopic (exact) mass is 269 g/mol. The summed E-state index contributed by atoms with van der Waals surface area (Å²) in [5.74, 6) is 0.662. The number of nitrogens with zero attached hydrogens (tertiary/aromatic N) is 2. The Bertz CT molecular complexity index is 606. The van der Waals surface area contributed by atoms with E-state index in [9.17, 15) is 0 Å². The summed E-state index contributed by atoms with van der Waals surface area (Å²) in [6.07, 6.45) is 4.50. The fourth-order valence-corrected chi connectivity index (χ4v) is 3.42. The Morgan fingerprint density at radius 3 is 2.90 bits per heavy atom. The molecule has 0 radical (unpaired) electrons. The number of fused-ring (bicyclic) bond motifs is 1. The van der Waals surface area contributed by atoms with Crippen LogP contribution in [0.2, 0.25) is 0 Å². The van der Waals surface area contributed by atoms with Crippen LogP contribution in [0, 0.1) is 5.92 Å². The van der Waals surface area contributed by atoms with Crippen molar-refractivity contribution in [2.75, 3.05) is 11.4 Å². The zero-order valence-corrected chi connectivity index (χ0v) is 12.3. The van der Waals surface area contributed by atoms with Crippen LogP contribution in [0.15, 0.2) is 30.5 Å². The van der Waals surface area contributed by atoms with Crippen LogP contribution in [0.25, 0.3) is 10.9 Å². The van der Waals surface area contributed by atoms with Gasteiger partial charge in [-0.2, -0.15) is 0 Å². The maximum atomic E-state index is 5.96.